The third-order valence-electron chi connectivity index (χ3n) is 3.12. The number of rotatable bonds is 6. The molecule has 0 aliphatic carbocycles. The summed E-state index contributed by atoms with van der Waals surface area (Å²) in [5, 5.41) is 14.0. The van der Waals surface area contributed by atoms with E-state index in [4.69, 9.17) is 5.84 Å². The average molecular weight is 286 g/mol. The molecule has 0 spiro atoms. The van der Waals surface area contributed by atoms with E-state index in [-0.39, 0.29) is 5.69 Å². The van der Waals surface area contributed by atoms with Crippen molar-refractivity contribution >= 4 is 17.1 Å². The van der Waals surface area contributed by atoms with Crippen LogP contribution in [0.3, 0.4) is 0 Å². The number of nitro groups is 1. The van der Waals surface area contributed by atoms with Crippen molar-refractivity contribution in [3.05, 3.63) is 63.7 Å². The minimum Gasteiger partial charge on any atom is -0.384 e. The number of hydrogen-bond donors (Lipinski definition) is 3. The summed E-state index contributed by atoms with van der Waals surface area (Å²) in [6, 6.07) is 12.9. The fourth-order valence-corrected chi connectivity index (χ4v) is 2.12. The molecule has 0 amide bonds. The molecule has 6 heteroatoms. The topological polar surface area (TPSA) is 93.2 Å². The van der Waals surface area contributed by atoms with Gasteiger partial charge >= 0.3 is 0 Å². The average Bonchev–Trinajstić information content (AvgIpc) is 2.47. The maximum absolute atomic E-state index is 10.9. The highest BCUT2D eigenvalue weighted by atomic mass is 16.6. The van der Waals surface area contributed by atoms with Crippen molar-refractivity contribution in [2.24, 2.45) is 5.84 Å². The number of hydrogen-bond acceptors (Lipinski definition) is 5. The normalized spacial score (nSPS) is 10.2. The van der Waals surface area contributed by atoms with Gasteiger partial charge in [-0.05, 0) is 25.0 Å². The number of non-ortho nitro benzene ring substituents is 1. The van der Waals surface area contributed by atoms with Crippen LogP contribution < -0.4 is 16.6 Å². The predicted octanol–water partition coefficient (Wildman–Crippen LogP) is 2.84. The van der Waals surface area contributed by atoms with Crippen LogP contribution in [-0.4, -0.2) is 11.5 Å². The number of anilines is 2. The van der Waals surface area contributed by atoms with Crippen LogP contribution in [0, 0.1) is 17.0 Å². The molecule has 0 aliphatic rings. The van der Waals surface area contributed by atoms with E-state index in [2.05, 4.69) is 35.9 Å². The summed E-state index contributed by atoms with van der Waals surface area (Å²) in [5.41, 5.74) is 6.06. The van der Waals surface area contributed by atoms with E-state index in [9.17, 15) is 10.1 Å². The largest absolute Gasteiger partial charge is 0.384 e. The third-order valence-corrected chi connectivity index (χ3v) is 3.12. The zero-order valence-electron chi connectivity index (χ0n) is 11.8. The van der Waals surface area contributed by atoms with Crippen molar-refractivity contribution < 1.29 is 4.92 Å². The first-order valence-electron chi connectivity index (χ1n) is 6.64. The monoisotopic (exact) mass is 286 g/mol. The van der Waals surface area contributed by atoms with E-state index < -0.39 is 4.92 Å². The van der Waals surface area contributed by atoms with Gasteiger partial charge in [-0.15, -0.1) is 0 Å². The van der Waals surface area contributed by atoms with Gasteiger partial charge in [-0.1, -0.05) is 29.8 Å². The van der Waals surface area contributed by atoms with Gasteiger partial charge in [-0.25, -0.2) is 0 Å². The van der Waals surface area contributed by atoms with E-state index in [1.807, 2.05) is 6.07 Å². The van der Waals surface area contributed by atoms with Crippen molar-refractivity contribution in [3.8, 4) is 0 Å². The molecule has 2 rings (SSSR count). The summed E-state index contributed by atoms with van der Waals surface area (Å²) in [6.45, 7) is 2.74. The fourth-order valence-electron chi connectivity index (χ4n) is 2.12. The number of nitro benzene ring substituents is 1. The molecule has 110 valence electrons. The van der Waals surface area contributed by atoms with Crippen molar-refractivity contribution in [1.29, 1.82) is 0 Å². The van der Waals surface area contributed by atoms with Crippen molar-refractivity contribution in [2.75, 3.05) is 17.3 Å². The summed E-state index contributed by atoms with van der Waals surface area (Å²) in [7, 11) is 0. The minimum absolute atomic E-state index is 0.00325. The zero-order valence-corrected chi connectivity index (χ0v) is 11.8. The second-order valence-corrected chi connectivity index (χ2v) is 4.84. The Balaban J connectivity index is 2.02. The number of nitrogen functional groups attached to an aromatic ring is 1. The molecule has 4 N–H and O–H groups in total. The van der Waals surface area contributed by atoms with Crippen LogP contribution in [-0.2, 0) is 6.42 Å². The van der Waals surface area contributed by atoms with Crippen molar-refractivity contribution in [3.63, 3.8) is 0 Å². The fraction of sp³-hybridized carbons (Fsp3) is 0.200. The Labute approximate surface area is 123 Å². The van der Waals surface area contributed by atoms with E-state index >= 15 is 0 Å². The molecule has 0 saturated carbocycles. The Kier molecular flexibility index (Phi) is 4.73. The Morgan fingerprint density at radius 1 is 1.19 bits per heavy atom. The van der Waals surface area contributed by atoms with Crippen molar-refractivity contribution in [2.45, 2.75) is 13.3 Å². The Hall–Kier alpha value is -2.60. The van der Waals surface area contributed by atoms with Crippen LogP contribution >= 0.6 is 0 Å². The van der Waals surface area contributed by atoms with E-state index in [0.717, 1.165) is 6.42 Å². The quantitative estimate of drug-likeness (QED) is 0.431. The predicted molar refractivity (Wildman–Crippen MR) is 84.3 cm³/mol. The molecular weight excluding hydrogens is 268 g/mol. The molecule has 0 aliphatic heterocycles. The molecule has 2 aromatic rings. The summed E-state index contributed by atoms with van der Waals surface area (Å²) >= 11 is 0. The van der Waals surface area contributed by atoms with Gasteiger partial charge in [0.15, 0.2) is 0 Å². The van der Waals surface area contributed by atoms with Crippen LogP contribution in [0.5, 0.6) is 0 Å². The first-order chi connectivity index (χ1) is 10.1. The van der Waals surface area contributed by atoms with Crippen LogP contribution in [0.15, 0.2) is 42.5 Å². The van der Waals surface area contributed by atoms with Crippen LogP contribution in [0.2, 0.25) is 0 Å². The smallest absolute Gasteiger partial charge is 0.273 e. The molecule has 0 aromatic heterocycles. The molecular formula is C15H18N4O2. The second kappa shape index (κ2) is 6.71. The van der Waals surface area contributed by atoms with Gasteiger partial charge in [-0.3, -0.25) is 16.0 Å². The number of nitrogens with zero attached hydrogens (tertiary/aromatic N) is 1. The van der Waals surface area contributed by atoms with Crippen LogP contribution in [0.25, 0.3) is 0 Å². The Morgan fingerprint density at radius 3 is 2.62 bits per heavy atom. The molecule has 6 nitrogen and oxygen atoms in total. The first kappa shape index (κ1) is 14.8. The number of aryl methyl sites for hydroxylation is 1. The molecule has 0 atom stereocenters. The summed E-state index contributed by atoms with van der Waals surface area (Å²) in [4.78, 5) is 10.4. The standard InChI is InChI=1S/C15H18N4O2/c1-11-3-2-4-12(7-11)5-6-17-13-8-14(18-16)10-15(9-13)19(20)21/h2-4,7-10,17-18H,5-6,16H2,1H3. The van der Waals surface area contributed by atoms with Crippen LogP contribution in [0.4, 0.5) is 17.1 Å². The molecule has 21 heavy (non-hydrogen) atoms. The molecule has 0 bridgehead atoms. The van der Waals surface area contributed by atoms with Gasteiger partial charge in [0, 0.05) is 24.4 Å². The Bertz CT molecular complexity index is 643. The third kappa shape index (κ3) is 4.19. The summed E-state index contributed by atoms with van der Waals surface area (Å²) < 4.78 is 0. The maximum Gasteiger partial charge on any atom is 0.273 e. The van der Waals surface area contributed by atoms with Crippen LogP contribution in [0.1, 0.15) is 11.1 Å². The number of hydrazine groups is 1. The summed E-state index contributed by atoms with van der Waals surface area (Å²) in [5.74, 6) is 5.32. The highest BCUT2D eigenvalue weighted by molar-refractivity contribution is 5.63. The molecule has 0 saturated heterocycles. The lowest BCUT2D eigenvalue weighted by Gasteiger charge is -2.09. The lowest BCUT2D eigenvalue weighted by Crippen LogP contribution is -2.09. The van der Waals surface area contributed by atoms with Gasteiger partial charge < -0.3 is 10.7 Å². The van der Waals surface area contributed by atoms with E-state index in [0.29, 0.717) is 17.9 Å². The molecule has 2 aromatic carbocycles. The molecule has 0 unspecified atom stereocenters. The van der Waals surface area contributed by atoms with E-state index in [1.165, 1.54) is 23.3 Å². The van der Waals surface area contributed by atoms with E-state index in [1.54, 1.807) is 6.07 Å². The number of benzene rings is 2. The van der Waals surface area contributed by atoms with Gasteiger partial charge in [0.1, 0.15) is 0 Å². The maximum atomic E-state index is 10.9. The molecule has 0 fully saturated rings. The van der Waals surface area contributed by atoms with Gasteiger partial charge in [0.2, 0.25) is 0 Å². The van der Waals surface area contributed by atoms with Gasteiger partial charge in [-0.2, -0.15) is 0 Å². The first-order valence-corrected chi connectivity index (χ1v) is 6.64. The lowest BCUT2D eigenvalue weighted by atomic mass is 10.1. The molecule has 0 radical (unpaired) electrons. The highest BCUT2D eigenvalue weighted by Gasteiger charge is 2.09. The van der Waals surface area contributed by atoms with Gasteiger partial charge in [0.05, 0.1) is 10.6 Å². The zero-order chi connectivity index (χ0) is 15.2. The van der Waals surface area contributed by atoms with Crippen molar-refractivity contribution in [1.82, 2.24) is 0 Å². The highest BCUT2D eigenvalue weighted by Crippen LogP contribution is 2.23. The van der Waals surface area contributed by atoms with Gasteiger partial charge in [0.25, 0.3) is 5.69 Å². The molecule has 0 heterocycles. The number of nitrogens with two attached hydrogens (primary N) is 1. The summed E-state index contributed by atoms with van der Waals surface area (Å²) in [6.07, 6.45) is 0.843. The SMILES string of the molecule is Cc1cccc(CCNc2cc(NN)cc([N+](=O)[O-])c2)c1. The Morgan fingerprint density at radius 2 is 1.95 bits per heavy atom. The second-order valence-electron chi connectivity index (χ2n) is 4.84. The minimum atomic E-state index is -0.438. The lowest BCUT2D eigenvalue weighted by molar-refractivity contribution is -0.384. The number of nitrogens with one attached hydrogen (secondary N) is 2.